The van der Waals surface area contributed by atoms with Gasteiger partial charge in [0.05, 0.1) is 19.8 Å². The molecule has 2 rings (SSSR count). The van der Waals surface area contributed by atoms with E-state index in [-0.39, 0.29) is 0 Å². The lowest BCUT2D eigenvalue weighted by Gasteiger charge is -2.13. The Morgan fingerprint density at radius 1 is 1.23 bits per heavy atom. The van der Waals surface area contributed by atoms with Crippen LogP contribution < -0.4 is 15.4 Å². The Kier molecular flexibility index (Phi) is 9.13. The summed E-state index contributed by atoms with van der Waals surface area (Å²) in [4.78, 5) is 4.11. The Balaban J connectivity index is 1.49. The molecule has 0 saturated carbocycles. The number of ether oxygens (including phenoxy) is 3. The third-order valence-corrected chi connectivity index (χ3v) is 3.91. The summed E-state index contributed by atoms with van der Waals surface area (Å²) in [6.07, 6.45) is 1.96. The molecule has 26 heavy (non-hydrogen) atoms. The standard InChI is InChI=1S/C18H27F2N3O3/c1-21-18(22-6-2-8-24-12-14-5-9-25-13-14)23-7-10-26-15-3-4-16(19)17(20)11-15/h3-4,11,14H,2,5-10,12-13H2,1H3,(H2,21,22,23). The summed E-state index contributed by atoms with van der Waals surface area (Å²) in [5.74, 6) is -0.329. The molecule has 1 fully saturated rings. The zero-order valence-electron chi connectivity index (χ0n) is 15.1. The molecule has 146 valence electrons. The number of rotatable bonds is 10. The Bertz CT molecular complexity index is 567. The van der Waals surface area contributed by atoms with E-state index in [0.29, 0.717) is 37.4 Å². The summed E-state index contributed by atoms with van der Waals surface area (Å²) in [6.45, 7) is 4.63. The number of hydrogen-bond acceptors (Lipinski definition) is 4. The van der Waals surface area contributed by atoms with Crippen molar-refractivity contribution >= 4 is 5.96 Å². The molecule has 0 aliphatic carbocycles. The van der Waals surface area contributed by atoms with Crippen LogP contribution in [0.1, 0.15) is 12.8 Å². The number of aliphatic imine (C=N–C) groups is 1. The van der Waals surface area contributed by atoms with Gasteiger partial charge < -0.3 is 24.8 Å². The molecule has 0 bridgehead atoms. The minimum Gasteiger partial charge on any atom is -0.492 e. The van der Waals surface area contributed by atoms with Crippen molar-refractivity contribution in [1.82, 2.24) is 10.6 Å². The fraction of sp³-hybridized carbons (Fsp3) is 0.611. The Labute approximate surface area is 152 Å². The van der Waals surface area contributed by atoms with E-state index < -0.39 is 11.6 Å². The van der Waals surface area contributed by atoms with Crippen LogP contribution in [-0.4, -0.2) is 59.1 Å². The second kappa shape index (κ2) is 11.6. The molecule has 1 aromatic rings. The van der Waals surface area contributed by atoms with Gasteiger partial charge in [-0.25, -0.2) is 8.78 Å². The van der Waals surface area contributed by atoms with Crippen LogP contribution in [0.3, 0.4) is 0 Å². The molecule has 0 aromatic heterocycles. The van der Waals surface area contributed by atoms with E-state index in [1.165, 1.54) is 6.07 Å². The second-order valence-corrected chi connectivity index (χ2v) is 6.01. The number of nitrogens with zero attached hydrogens (tertiary/aromatic N) is 1. The predicted molar refractivity (Wildman–Crippen MR) is 95.6 cm³/mol. The third kappa shape index (κ3) is 7.53. The van der Waals surface area contributed by atoms with E-state index in [2.05, 4.69) is 15.6 Å². The molecule has 0 amide bonds. The lowest BCUT2D eigenvalue weighted by atomic mass is 10.1. The van der Waals surface area contributed by atoms with Crippen LogP contribution in [0.5, 0.6) is 5.75 Å². The number of nitrogens with one attached hydrogen (secondary N) is 2. The maximum atomic E-state index is 13.1. The van der Waals surface area contributed by atoms with E-state index in [1.54, 1.807) is 7.05 Å². The minimum atomic E-state index is -0.921. The zero-order chi connectivity index (χ0) is 18.6. The monoisotopic (exact) mass is 371 g/mol. The van der Waals surface area contributed by atoms with Crippen molar-refractivity contribution in [3.63, 3.8) is 0 Å². The lowest BCUT2D eigenvalue weighted by Crippen LogP contribution is -2.39. The molecule has 1 aromatic carbocycles. The van der Waals surface area contributed by atoms with Gasteiger partial charge in [0.1, 0.15) is 12.4 Å². The van der Waals surface area contributed by atoms with Gasteiger partial charge in [-0.1, -0.05) is 0 Å². The maximum Gasteiger partial charge on any atom is 0.191 e. The lowest BCUT2D eigenvalue weighted by molar-refractivity contribution is 0.0888. The Hall–Kier alpha value is -1.93. The molecule has 1 unspecified atom stereocenters. The molecule has 1 saturated heterocycles. The first-order valence-electron chi connectivity index (χ1n) is 8.87. The van der Waals surface area contributed by atoms with Crippen LogP contribution in [0.25, 0.3) is 0 Å². The van der Waals surface area contributed by atoms with Gasteiger partial charge >= 0.3 is 0 Å². The highest BCUT2D eigenvalue weighted by atomic mass is 19.2. The van der Waals surface area contributed by atoms with Gasteiger partial charge in [0.15, 0.2) is 17.6 Å². The summed E-state index contributed by atoms with van der Waals surface area (Å²) in [5.41, 5.74) is 0. The Morgan fingerprint density at radius 3 is 2.81 bits per heavy atom. The van der Waals surface area contributed by atoms with Gasteiger partial charge in [-0.3, -0.25) is 4.99 Å². The zero-order valence-corrected chi connectivity index (χ0v) is 15.1. The smallest absolute Gasteiger partial charge is 0.191 e. The highest BCUT2D eigenvalue weighted by Crippen LogP contribution is 2.15. The van der Waals surface area contributed by atoms with Crippen LogP contribution in [0.2, 0.25) is 0 Å². The second-order valence-electron chi connectivity index (χ2n) is 6.01. The SMILES string of the molecule is CN=C(NCCCOCC1CCOC1)NCCOc1ccc(F)c(F)c1. The molecule has 0 spiro atoms. The molecule has 1 aliphatic rings. The summed E-state index contributed by atoms with van der Waals surface area (Å²) in [5, 5.41) is 6.27. The summed E-state index contributed by atoms with van der Waals surface area (Å²) in [6, 6.07) is 3.46. The van der Waals surface area contributed by atoms with Crippen molar-refractivity contribution in [2.45, 2.75) is 12.8 Å². The van der Waals surface area contributed by atoms with Crippen molar-refractivity contribution in [3.8, 4) is 5.75 Å². The molecule has 0 radical (unpaired) electrons. The van der Waals surface area contributed by atoms with E-state index in [1.807, 2.05) is 0 Å². The van der Waals surface area contributed by atoms with E-state index in [4.69, 9.17) is 14.2 Å². The highest BCUT2D eigenvalue weighted by molar-refractivity contribution is 5.79. The van der Waals surface area contributed by atoms with Crippen molar-refractivity contribution in [3.05, 3.63) is 29.8 Å². The average molecular weight is 371 g/mol. The fourth-order valence-corrected chi connectivity index (χ4v) is 2.47. The van der Waals surface area contributed by atoms with Gasteiger partial charge in [-0.05, 0) is 25.0 Å². The molecule has 1 heterocycles. The van der Waals surface area contributed by atoms with Gasteiger partial charge in [-0.15, -0.1) is 0 Å². The number of hydrogen-bond donors (Lipinski definition) is 2. The molecule has 1 aliphatic heterocycles. The first kappa shape index (κ1) is 20.4. The largest absolute Gasteiger partial charge is 0.492 e. The highest BCUT2D eigenvalue weighted by Gasteiger charge is 2.15. The first-order chi connectivity index (χ1) is 12.7. The topological polar surface area (TPSA) is 64.1 Å². The number of guanidine groups is 1. The van der Waals surface area contributed by atoms with E-state index in [0.717, 1.165) is 51.3 Å². The molecule has 1 atom stereocenters. The van der Waals surface area contributed by atoms with Gasteiger partial charge in [-0.2, -0.15) is 0 Å². The molecule has 6 nitrogen and oxygen atoms in total. The summed E-state index contributed by atoms with van der Waals surface area (Å²) >= 11 is 0. The normalized spacial score (nSPS) is 17.3. The summed E-state index contributed by atoms with van der Waals surface area (Å²) < 4.78 is 42.2. The number of benzene rings is 1. The van der Waals surface area contributed by atoms with Crippen molar-refractivity contribution < 1.29 is 23.0 Å². The fourth-order valence-electron chi connectivity index (χ4n) is 2.47. The average Bonchev–Trinajstić information content (AvgIpc) is 3.16. The van der Waals surface area contributed by atoms with Crippen LogP contribution in [0.4, 0.5) is 8.78 Å². The van der Waals surface area contributed by atoms with E-state index >= 15 is 0 Å². The quantitative estimate of drug-likeness (QED) is 0.374. The predicted octanol–water partition coefficient (Wildman–Crippen LogP) is 1.95. The molecule has 8 heteroatoms. The van der Waals surface area contributed by atoms with Crippen molar-refractivity contribution in [1.29, 1.82) is 0 Å². The van der Waals surface area contributed by atoms with Crippen LogP contribution >= 0.6 is 0 Å². The van der Waals surface area contributed by atoms with Gasteiger partial charge in [0.25, 0.3) is 0 Å². The van der Waals surface area contributed by atoms with Crippen LogP contribution in [0.15, 0.2) is 23.2 Å². The van der Waals surface area contributed by atoms with Crippen LogP contribution in [-0.2, 0) is 9.47 Å². The molecular weight excluding hydrogens is 344 g/mol. The maximum absolute atomic E-state index is 13.1. The van der Waals surface area contributed by atoms with E-state index in [9.17, 15) is 8.78 Å². The molecular formula is C18H27F2N3O3. The first-order valence-corrected chi connectivity index (χ1v) is 8.87. The van der Waals surface area contributed by atoms with Crippen molar-refractivity contribution in [2.24, 2.45) is 10.9 Å². The third-order valence-electron chi connectivity index (χ3n) is 3.91. The summed E-state index contributed by atoms with van der Waals surface area (Å²) in [7, 11) is 1.68. The Morgan fingerprint density at radius 2 is 2.08 bits per heavy atom. The molecule has 2 N–H and O–H groups in total. The van der Waals surface area contributed by atoms with Gasteiger partial charge in [0.2, 0.25) is 0 Å². The number of halogens is 2. The minimum absolute atomic E-state index is 0.290. The van der Waals surface area contributed by atoms with Gasteiger partial charge in [0, 0.05) is 38.8 Å². The van der Waals surface area contributed by atoms with Crippen molar-refractivity contribution in [2.75, 3.05) is 53.2 Å². The van der Waals surface area contributed by atoms with Crippen LogP contribution in [0, 0.1) is 17.6 Å².